The molecule has 0 aliphatic heterocycles. The van der Waals surface area contributed by atoms with Crippen molar-refractivity contribution < 1.29 is 27.4 Å². The number of carbonyl (C=O) groups excluding carboxylic acids is 1. The van der Waals surface area contributed by atoms with Crippen LogP contribution in [0.4, 0.5) is 18.9 Å². The van der Waals surface area contributed by atoms with Gasteiger partial charge >= 0.3 is 6.18 Å². The number of carbonyl (C=O) groups is 1. The molecule has 3 N–H and O–H groups in total. The summed E-state index contributed by atoms with van der Waals surface area (Å²) >= 11 is 0. The molecule has 0 heterocycles. The summed E-state index contributed by atoms with van der Waals surface area (Å²) in [5.74, 6) is -0.115. The van der Waals surface area contributed by atoms with Gasteiger partial charge < -0.3 is 20.5 Å². The van der Waals surface area contributed by atoms with Crippen LogP contribution in [-0.4, -0.2) is 32.3 Å². The predicted molar refractivity (Wildman–Crippen MR) is 99.6 cm³/mol. The van der Waals surface area contributed by atoms with Gasteiger partial charge in [0.1, 0.15) is 0 Å². The molecule has 2 rings (SSSR count). The number of hydrogen-bond acceptors (Lipinski definition) is 4. The highest BCUT2D eigenvalue weighted by Crippen LogP contribution is 2.39. The molecule has 1 aromatic carbocycles. The average molecular weight is 411 g/mol. The van der Waals surface area contributed by atoms with Crippen molar-refractivity contribution in [3.8, 4) is 11.5 Å². The first-order valence-electron chi connectivity index (χ1n) is 8.64. The van der Waals surface area contributed by atoms with Crippen molar-refractivity contribution in [2.45, 2.75) is 44.7 Å². The van der Waals surface area contributed by atoms with E-state index in [2.05, 4.69) is 5.32 Å². The number of anilines is 1. The van der Waals surface area contributed by atoms with E-state index in [9.17, 15) is 18.0 Å². The van der Waals surface area contributed by atoms with Crippen LogP contribution in [0, 0.1) is 5.41 Å². The standard InChI is InChI=1S/C18H25F3N2O3.ClH/c1-25-14-6-5-13(9-15(14)26-12-18(19,20)21)23-16(24)10-17(11-22)7-3-2-4-8-17;/h5-6,9H,2-4,7-8,10-12,22H2,1H3,(H,23,24);1H. The third kappa shape index (κ3) is 7.10. The minimum Gasteiger partial charge on any atom is -0.493 e. The quantitative estimate of drug-likeness (QED) is 0.703. The zero-order valence-corrected chi connectivity index (χ0v) is 16.0. The molecule has 9 heteroatoms. The Morgan fingerprint density at radius 2 is 1.89 bits per heavy atom. The maximum absolute atomic E-state index is 12.4. The predicted octanol–water partition coefficient (Wildman–Crippen LogP) is 4.30. The number of amides is 1. The van der Waals surface area contributed by atoms with Gasteiger partial charge in [0, 0.05) is 18.2 Å². The average Bonchev–Trinajstić information content (AvgIpc) is 2.60. The highest BCUT2D eigenvalue weighted by atomic mass is 35.5. The maximum atomic E-state index is 12.4. The zero-order valence-electron chi connectivity index (χ0n) is 15.2. The number of hydrogen-bond donors (Lipinski definition) is 2. The molecule has 0 spiro atoms. The van der Waals surface area contributed by atoms with Crippen molar-refractivity contribution >= 4 is 24.0 Å². The summed E-state index contributed by atoms with van der Waals surface area (Å²) in [4.78, 5) is 12.4. The number of benzene rings is 1. The summed E-state index contributed by atoms with van der Waals surface area (Å²) in [5, 5.41) is 2.73. The summed E-state index contributed by atoms with van der Waals surface area (Å²) in [6.07, 6.45) is 0.943. The van der Waals surface area contributed by atoms with E-state index < -0.39 is 12.8 Å². The molecular weight excluding hydrogens is 385 g/mol. The van der Waals surface area contributed by atoms with Crippen LogP contribution in [0.25, 0.3) is 0 Å². The second kappa shape index (κ2) is 10.0. The highest BCUT2D eigenvalue weighted by molar-refractivity contribution is 5.91. The fourth-order valence-electron chi connectivity index (χ4n) is 3.33. The van der Waals surface area contributed by atoms with Crippen LogP contribution >= 0.6 is 12.4 Å². The van der Waals surface area contributed by atoms with Crippen molar-refractivity contribution in [2.24, 2.45) is 11.1 Å². The van der Waals surface area contributed by atoms with E-state index in [-0.39, 0.29) is 35.2 Å². The van der Waals surface area contributed by atoms with Gasteiger partial charge in [0.05, 0.1) is 7.11 Å². The van der Waals surface area contributed by atoms with Crippen LogP contribution in [0.15, 0.2) is 18.2 Å². The van der Waals surface area contributed by atoms with E-state index >= 15 is 0 Å². The van der Waals surface area contributed by atoms with Crippen molar-refractivity contribution in [1.82, 2.24) is 0 Å². The van der Waals surface area contributed by atoms with Crippen LogP contribution in [0.1, 0.15) is 38.5 Å². The lowest BCUT2D eigenvalue weighted by Crippen LogP contribution is -2.36. The lowest BCUT2D eigenvalue weighted by Gasteiger charge is -2.35. The monoisotopic (exact) mass is 410 g/mol. The van der Waals surface area contributed by atoms with Gasteiger partial charge in [-0.2, -0.15) is 13.2 Å². The number of rotatable bonds is 7. The fourth-order valence-corrected chi connectivity index (χ4v) is 3.33. The molecule has 1 fully saturated rings. The molecule has 0 bridgehead atoms. The topological polar surface area (TPSA) is 73.6 Å². The third-order valence-electron chi connectivity index (χ3n) is 4.72. The van der Waals surface area contributed by atoms with E-state index in [1.807, 2.05) is 0 Å². The summed E-state index contributed by atoms with van der Waals surface area (Å²) in [6.45, 7) is -0.986. The molecule has 1 amide bonds. The molecule has 27 heavy (non-hydrogen) atoms. The van der Waals surface area contributed by atoms with Crippen LogP contribution < -0.4 is 20.5 Å². The Bertz CT molecular complexity index is 620. The van der Waals surface area contributed by atoms with Gasteiger partial charge in [0.15, 0.2) is 18.1 Å². The normalized spacial score (nSPS) is 16.2. The first-order chi connectivity index (χ1) is 12.3. The number of nitrogens with one attached hydrogen (secondary N) is 1. The maximum Gasteiger partial charge on any atom is 0.422 e. The van der Waals surface area contributed by atoms with E-state index in [4.69, 9.17) is 15.2 Å². The van der Waals surface area contributed by atoms with Crippen molar-refractivity contribution in [3.63, 3.8) is 0 Å². The van der Waals surface area contributed by atoms with Gasteiger partial charge in [0.25, 0.3) is 0 Å². The van der Waals surface area contributed by atoms with Gasteiger partial charge in [-0.3, -0.25) is 4.79 Å². The van der Waals surface area contributed by atoms with E-state index in [0.29, 0.717) is 18.7 Å². The van der Waals surface area contributed by atoms with Gasteiger partial charge in [-0.25, -0.2) is 0 Å². The number of alkyl halides is 3. The van der Waals surface area contributed by atoms with Crippen LogP contribution in [0.5, 0.6) is 11.5 Å². The van der Waals surface area contributed by atoms with Gasteiger partial charge in [-0.1, -0.05) is 19.3 Å². The molecule has 1 aromatic rings. The lowest BCUT2D eigenvalue weighted by atomic mass is 9.71. The Morgan fingerprint density at radius 1 is 1.22 bits per heavy atom. The van der Waals surface area contributed by atoms with Crippen LogP contribution in [-0.2, 0) is 4.79 Å². The first-order valence-corrected chi connectivity index (χ1v) is 8.64. The Balaban J connectivity index is 0.00000364. The number of nitrogens with two attached hydrogens (primary N) is 1. The molecule has 0 aromatic heterocycles. The Labute approximate surface area is 163 Å². The molecule has 0 saturated heterocycles. The molecule has 5 nitrogen and oxygen atoms in total. The van der Waals surface area contributed by atoms with Crippen molar-refractivity contribution in [1.29, 1.82) is 0 Å². The molecule has 1 aliphatic rings. The molecule has 1 saturated carbocycles. The molecule has 0 atom stereocenters. The summed E-state index contributed by atoms with van der Waals surface area (Å²) in [7, 11) is 1.34. The Hall–Kier alpha value is -1.67. The lowest BCUT2D eigenvalue weighted by molar-refractivity contribution is -0.153. The molecule has 0 unspecified atom stereocenters. The molecule has 1 aliphatic carbocycles. The second-order valence-electron chi connectivity index (χ2n) is 6.76. The summed E-state index contributed by atoms with van der Waals surface area (Å²) in [6, 6.07) is 4.35. The van der Waals surface area contributed by atoms with Crippen molar-refractivity contribution in [2.75, 3.05) is 25.6 Å². The number of halogens is 4. The number of methoxy groups -OCH3 is 1. The number of ether oxygens (including phenoxy) is 2. The van der Waals surface area contributed by atoms with Gasteiger partial charge in [-0.05, 0) is 36.9 Å². The highest BCUT2D eigenvalue weighted by Gasteiger charge is 2.33. The van der Waals surface area contributed by atoms with E-state index in [0.717, 1.165) is 32.1 Å². The van der Waals surface area contributed by atoms with Gasteiger partial charge in [0.2, 0.25) is 5.91 Å². The SMILES string of the molecule is COc1ccc(NC(=O)CC2(CN)CCCCC2)cc1OCC(F)(F)F.Cl. The second-order valence-corrected chi connectivity index (χ2v) is 6.76. The Kier molecular flexibility index (Phi) is 8.68. The smallest absolute Gasteiger partial charge is 0.422 e. The largest absolute Gasteiger partial charge is 0.493 e. The minimum absolute atomic E-state index is 0. The fraction of sp³-hybridized carbons (Fsp3) is 0.611. The third-order valence-corrected chi connectivity index (χ3v) is 4.72. The van der Waals surface area contributed by atoms with E-state index in [1.54, 1.807) is 6.07 Å². The van der Waals surface area contributed by atoms with Gasteiger partial charge in [-0.15, -0.1) is 12.4 Å². The van der Waals surface area contributed by atoms with Crippen LogP contribution in [0.2, 0.25) is 0 Å². The molecule has 0 radical (unpaired) electrons. The van der Waals surface area contributed by atoms with Crippen LogP contribution in [0.3, 0.4) is 0 Å². The first kappa shape index (κ1) is 23.4. The van der Waals surface area contributed by atoms with Crippen molar-refractivity contribution in [3.05, 3.63) is 18.2 Å². The zero-order chi connectivity index (χ0) is 19.2. The minimum atomic E-state index is -4.46. The molecule has 154 valence electrons. The Morgan fingerprint density at radius 3 is 2.44 bits per heavy atom. The summed E-state index contributed by atoms with van der Waals surface area (Å²) < 4.78 is 46.9. The molecular formula is C18H26ClF3N2O3. The van der Waals surface area contributed by atoms with E-state index in [1.165, 1.54) is 19.2 Å². The summed E-state index contributed by atoms with van der Waals surface area (Å²) in [5.41, 5.74) is 6.07.